The number of nitrogens with one attached hydrogen (secondary N) is 1. The SMILES string of the molecule is Cc1sc(NC(=O)COCc2cccnc2)c(C(N)=O)c1C. The lowest BCUT2D eigenvalue weighted by atomic mass is 10.1. The van der Waals surface area contributed by atoms with E-state index in [0.29, 0.717) is 17.2 Å². The minimum Gasteiger partial charge on any atom is -0.367 e. The van der Waals surface area contributed by atoms with Crippen LogP contribution in [0.15, 0.2) is 24.5 Å². The molecule has 0 saturated carbocycles. The average molecular weight is 319 g/mol. The monoisotopic (exact) mass is 319 g/mol. The van der Waals surface area contributed by atoms with Gasteiger partial charge in [0.25, 0.3) is 11.8 Å². The first-order valence-electron chi connectivity index (χ1n) is 6.65. The third-order valence-corrected chi connectivity index (χ3v) is 4.23. The zero-order chi connectivity index (χ0) is 16.1. The Kier molecular flexibility index (Phi) is 5.24. The molecule has 0 saturated heterocycles. The van der Waals surface area contributed by atoms with Crippen molar-refractivity contribution in [1.29, 1.82) is 0 Å². The molecule has 0 radical (unpaired) electrons. The summed E-state index contributed by atoms with van der Waals surface area (Å²) in [5, 5.41) is 3.15. The predicted octanol–water partition coefficient (Wildman–Crippen LogP) is 2.01. The first kappa shape index (κ1) is 16.1. The number of thiophene rings is 1. The summed E-state index contributed by atoms with van der Waals surface area (Å²) >= 11 is 1.33. The fourth-order valence-corrected chi connectivity index (χ4v) is 3.00. The van der Waals surface area contributed by atoms with Gasteiger partial charge in [0, 0.05) is 17.3 Å². The topological polar surface area (TPSA) is 94.3 Å². The third-order valence-electron chi connectivity index (χ3n) is 3.11. The van der Waals surface area contributed by atoms with E-state index < -0.39 is 5.91 Å². The lowest BCUT2D eigenvalue weighted by Gasteiger charge is -2.06. The van der Waals surface area contributed by atoms with Crippen LogP contribution in [0.1, 0.15) is 26.4 Å². The minimum atomic E-state index is -0.548. The summed E-state index contributed by atoms with van der Waals surface area (Å²) in [5.74, 6) is -0.874. The summed E-state index contributed by atoms with van der Waals surface area (Å²) in [6.45, 7) is 3.87. The summed E-state index contributed by atoms with van der Waals surface area (Å²) < 4.78 is 5.33. The number of carbonyl (C=O) groups is 2. The highest BCUT2D eigenvalue weighted by Crippen LogP contribution is 2.31. The Morgan fingerprint density at radius 1 is 1.41 bits per heavy atom. The van der Waals surface area contributed by atoms with Crippen molar-refractivity contribution in [2.75, 3.05) is 11.9 Å². The second-order valence-electron chi connectivity index (χ2n) is 4.75. The smallest absolute Gasteiger partial charge is 0.251 e. The maximum Gasteiger partial charge on any atom is 0.251 e. The van der Waals surface area contributed by atoms with Gasteiger partial charge in [0.1, 0.15) is 11.6 Å². The Morgan fingerprint density at radius 2 is 2.18 bits per heavy atom. The van der Waals surface area contributed by atoms with E-state index in [1.165, 1.54) is 11.3 Å². The van der Waals surface area contributed by atoms with Gasteiger partial charge in [-0.3, -0.25) is 14.6 Å². The van der Waals surface area contributed by atoms with Gasteiger partial charge < -0.3 is 15.8 Å². The zero-order valence-corrected chi connectivity index (χ0v) is 13.2. The van der Waals surface area contributed by atoms with E-state index in [9.17, 15) is 9.59 Å². The highest BCUT2D eigenvalue weighted by atomic mass is 32.1. The summed E-state index contributed by atoms with van der Waals surface area (Å²) in [7, 11) is 0. The molecule has 6 nitrogen and oxygen atoms in total. The van der Waals surface area contributed by atoms with Gasteiger partial charge in [-0.1, -0.05) is 6.07 Å². The molecule has 2 rings (SSSR count). The molecule has 0 aliphatic carbocycles. The van der Waals surface area contributed by atoms with Crippen molar-refractivity contribution in [2.24, 2.45) is 5.73 Å². The van der Waals surface area contributed by atoms with E-state index >= 15 is 0 Å². The number of amides is 2. The van der Waals surface area contributed by atoms with Crippen molar-refractivity contribution >= 4 is 28.2 Å². The van der Waals surface area contributed by atoms with Gasteiger partial charge >= 0.3 is 0 Å². The lowest BCUT2D eigenvalue weighted by Crippen LogP contribution is -2.20. The Morgan fingerprint density at radius 3 is 2.82 bits per heavy atom. The summed E-state index contributed by atoms with van der Waals surface area (Å²) in [4.78, 5) is 28.3. The van der Waals surface area contributed by atoms with Crippen molar-refractivity contribution in [3.63, 3.8) is 0 Å². The molecule has 2 amide bonds. The fourth-order valence-electron chi connectivity index (χ4n) is 1.92. The molecule has 0 aliphatic rings. The molecule has 7 heteroatoms. The zero-order valence-electron chi connectivity index (χ0n) is 12.4. The number of hydrogen-bond acceptors (Lipinski definition) is 5. The van der Waals surface area contributed by atoms with Crippen molar-refractivity contribution in [3.8, 4) is 0 Å². The Balaban J connectivity index is 1.92. The molecule has 0 fully saturated rings. The number of aromatic nitrogens is 1. The van der Waals surface area contributed by atoms with Gasteiger partial charge in [-0.25, -0.2) is 0 Å². The molecule has 0 unspecified atom stereocenters. The molecule has 116 valence electrons. The number of nitrogens with two attached hydrogens (primary N) is 1. The van der Waals surface area contributed by atoms with Gasteiger partial charge in [0.05, 0.1) is 12.2 Å². The van der Waals surface area contributed by atoms with Crippen LogP contribution in [0.3, 0.4) is 0 Å². The van der Waals surface area contributed by atoms with Crippen molar-refractivity contribution in [3.05, 3.63) is 46.1 Å². The van der Waals surface area contributed by atoms with E-state index in [0.717, 1.165) is 16.0 Å². The standard InChI is InChI=1S/C15H17N3O3S/c1-9-10(2)22-15(13(9)14(16)20)18-12(19)8-21-7-11-4-3-5-17-6-11/h3-6H,7-8H2,1-2H3,(H2,16,20)(H,18,19). The molecular formula is C15H17N3O3S. The highest BCUT2D eigenvalue weighted by molar-refractivity contribution is 7.16. The molecule has 0 aromatic carbocycles. The second-order valence-corrected chi connectivity index (χ2v) is 5.98. The van der Waals surface area contributed by atoms with Gasteiger partial charge in [0.15, 0.2) is 0 Å². The molecule has 2 aromatic heterocycles. The molecule has 22 heavy (non-hydrogen) atoms. The number of aryl methyl sites for hydroxylation is 1. The largest absolute Gasteiger partial charge is 0.367 e. The van der Waals surface area contributed by atoms with Crippen LogP contribution < -0.4 is 11.1 Å². The second kappa shape index (κ2) is 7.15. The number of primary amides is 1. The van der Waals surface area contributed by atoms with Crippen LogP contribution in [0.4, 0.5) is 5.00 Å². The number of ether oxygens (including phenoxy) is 1. The molecule has 2 aromatic rings. The normalized spacial score (nSPS) is 10.5. The fraction of sp³-hybridized carbons (Fsp3) is 0.267. The number of pyridine rings is 1. The Hall–Kier alpha value is -2.25. The quantitative estimate of drug-likeness (QED) is 0.851. The molecular weight excluding hydrogens is 302 g/mol. The van der Waals surface area contributed by atoms with Gasteiger partial charge in [-0.05, 0) is 31.0 Å². The van der Waals surface area contributed by atoms with Crippen LogP contribution in [0.5, 0.6) is 0 Å². The van der Waals surface area contributed by atoms with E-state index in [4.69, 9.17) is 10.5 Å². The highest BCUT2D eigenvalue weighted by Gasteiger charge is 2.18. The lowest BCUT2D eigenvalue weighted by molar-refractivity contribution is -0.120. The Labute approximate surface area is 132 Å². The van der Waals surface area contributed by atoms with E-state index in [1.807, 2.05) is 13.0 Å². The first-order valence-corrected chi connectivity index (χ1v) is 7.47. The molecule has 0 spiro atoms. The van der Waals surface area contributed by atoms with Crippen LogP contribution in [0.25, 0.3) is 0 Å². The predicted molar refractivity (Wildman–Crippen MR) is 84.8 cm³/mol. The average Bonchev–Trinajstić information content (AvgIpc) is 2.74. The third kappa shape index (κ3) is 3.90. The minimum absolute atomic E-state index is 0.108. The molecule has 2 heterocycles. The number of rotatable bonds is 6. The molecule has 3 N–H and O–H groups in total. The maximum atomic E-state index is 11.9. The van der Waals surface area contributed by atoms with Crippen molar-refractivity contribution in [2.45, 2.75) is 20.5 Å². The van der Waals surface area contributed by atoms with Crippen molar-refractivity contribution < 1.29 is 14.3 Å². The number of anilines is 1. The van der Waals surface area contributed by atoms with Crippen LogP contribution in [0, 0.1) is 13.8 Å². The van der Waals surface area contributed by atoms with Crippen LogP contribution in [-0.2, 0) is 16.1 Å². The van der Waals surface area contributed by atoms with E-state index in [2.05, 4.69) is 10.3 Å². The summed E-state index contributed by atoms with van der Waals surface area (Å²) in [6.07, 6.45) is 3.35. The first-order chi connectivity index (χ1) is 10.5. The van der Waals surface area contributed by atoms with E-state index in [1.54, 1.807) is 25.4 Å². The summed E-state index contributed by atoms with van der Waals surface area (Å²) in [6, 6.07) is 3.66. The molecule has 0 aliphatic heterocycles. The van der Waals surface area contributed by atoms with Crippen LogP contribution in [0.2, 0.25) is 0 Å². The number of hydrogen-bond donors (Lipinski definition) is 2. The number of carbonyl (C=O) groups excluding carboxylic acids is 2. The van der Waals surface area contributed by atoms with Crippen molar-refractivity contribution in [1.82, 2.24) is 4.98 Å². The Bertz CT molecular complexity index is 683. The van der Waals surface area contributed by atoms with Crippen LogP contribution in [-0.4, -0.2) is 23.4 Å². The molecule has 0 bridgehead atoms. The van der Waals surface area contributed by atoms with Gasteiger partial charge in [-0.15, -0.1) is 11.3 Å². The maximum absolute atomic E-state index is 11.9. The van der Waals surface area contributed by atoms with Crippen LogP contribution >= 0.6 is 11.3 Å². The molecule has 0 atom stereocenters. The van der Waals surface area contributed by atoms with Gasteiger partial charge in [-0.2, -0.15) is 0 Å². The summed E-state index contributed by atoms with van der Waals surface area (Å²) in [5.41, 5.74) is 7.40. The van der Waals surface area contributed by atoms with E-state index in [-0.39, 0.29) is 12.5 Å². The number of nitrogens with zero attached hydrogens (tertiary/aromatic N) is 1. The van der Waals surface area contributed by atoms with Gasteiger partial charge in [0.2, 0.25) is 0 Å².